The lowest BCUT2D eigenvalue weighted by Crippen LogP contribution is -2.00. The molecule has 0 saturated carbocycles. The average Bonchev–Trinajstić information content (AvgIpc) is 2.26. The Balaban J connectivity index is 2.39. The number of hydrogen-bond acceptors (Lipinski definition) is 2. The minimum absolute atomic E-state index is 0.757. The van der Waals surface area contributed by atoms with Crippen molar-refractivity contribution in [3.05, 3.63) is 41.7 Å². The van der Waals surface area contributed by atoms with E-state index in [0.29, 0.717) is 0 Å². The molecule has 0 spiro atoms. The summed E-state index contributed by atoms with van der Waals surface area (Å²) in [5, 5.41) is 2.52. The maximum Gasteiger partial charge on any atom is 0.0450 e. The summed E-state index contributed by atoms with van der Waals surface area (Å²) < 4.78 is 0. The molecule has 0 amide bonds. The summed E-state index contributed by atoms with van der Waals surface area (Å²) in [6.07, 6.45) is 3.98. The third kappa shape index (κ3) is 2.16. The number of rotatable bonds is 3. The van der Waals surface area contributed by atoms with Gasteiger partial charge in [0.05, 0.1) is 0 Å². The van der Waals surface area contributed by atoms with Gasteiger partial charge in [0.15, 0.2) is 0 Å². The second kappa shape index (κ2) is 4.41. The zero-order valence-electron chi connectivity index (χ0n) is 9.03. The molecular formula is C13H16N2. The van der Waals surface area contributed by atoms with Gasteiger partial charge in [-0.05, 0) is 43.3 Å². The molecule has 1 aromatic heterocycles. The smallest absolute Gasteiger partial charge is 0.0450 e. The minimum atomic E-state index is 0.757. The molecule has 15 heavy (non-hydrogen) atoms. The van der Waals surface area contributed by atoms with Crippen LogP contribution in [0.25, 0.3) is 10.8 Å². The molecule has 2 aromatic rings. The van der Waals surface area contributed by atoms with E-state index in [0.717, 1.165) is 25.1 Å². The molecule has 0 aliphatic heterocycles. The van der Waals surface area contributed by atoms with E-state index in [1.54, 1.807) is 0 Å². The van der Waals surface area contributed by atoms with Gasteiger partial charge in [0.2, 0.25) is 0 Å². The van der Waals surface area contributed by atoms with Gasteiger partial charge >= 0.3 is 0 Å². The highest BCUT2D eigenvalue weighted by Gasteiger charge is 1.99. The largest absolute Gasteiger partial charge is 0.330 e. The van der Waals surface area contributed by atoms with Gasteiger partial charge in [-0.25, -0.2) is 0 Å². The summed E-state index contributed by atoms with van der Waals surface area (Å²) in [6.45, 7) is 2.80. The summed E-state index contributed by atoms with van der Waals surface area (Å²) in [5.41, 5.74) is 7.96. The second-order valence-corrected chi connectivity index (χ2v) is 3.84. The van der Waals surface area contributed by atoms with Crippen molar-refractivity contribution in [3.8, 4) is 0 Å². The Morgan fingerprint density at radius 1 is 1.27 bits per heavy atom. The molecule has 0 aliphatic rings. The quantitative estimate of drug-likeness (QED) is 0.826. The van der Waals surface area contributed by atoms with Crippen LogP contribution in [0.1, 0.15) is 17.7 Å². The fourth-order valence-electron chi connectivity index (χ4n) is 1.84. The van der Waals surface area contributed by atoms with Crippen LogP contribution in [-0.2, 0) is 6.42 Å². The van der Waals surface area contributed by atoms with Crippen LogP contribution in [0.15, 0.2) is 30.5 Å². The van der Waals surface area contributed by atoms with E-state index in [1.165, 1.54) is 16.3 Å². The summed E-state index contributed by atoms with van der Waals surface area (Å²) in [6, 6.07) is 8.63. The number of aromatic nitrogens is 1. The van der Waals surface area contributed by atoms with Gasteiger partial charge in [-0.2, -0.15) is 0 Å². The maximum absolute atomic E-state index is 5.50. The van der Waals surface area contributed by atoms with E-state index in [9.17, 15) is 0 Å². The molecule has 1 aromatic carbocycles. The van der Waals surface area contributed by atoms with E-state index in [2.05, 4.69) is 29.2 Å². The predicted octanol–water partition coefficient (Wildman–Crippen LogP) is 2.43. The number of aryl methyl sites for hydroxylation is 2. The van der Waals surface area contributed by atoms with Gasteiger partial charge in [-0.1, -0.05) is 18.2 Å². The van der Waals surface area contributed by atoms with Crippen LogP contribution in [0.4, 0.5) is 0 Å². The molecule has 0 saturated heterocycles. The number of nitrogens with two attached hydrogens (primary N) is 1. The Morgan fingerprint density at radius 3 is 2.93 bits per heavy atom. The highest BCUT2D eigenvalue weighted by Crippen LogP contribution is 2.18. The van der Waals surface area contributed by atoms with Crippen LogP contribution >= 0.6 is 0 Å². The van der Waals surface area contributed by atoms with Crippen molar-refractivity contribution in [2.75, 3.05) is 6.54 Å². The van der Waals surface area contributed by atoms with E-state index in [4.69, 9.17) is 5.73 Å². The fraction of sp³-hybridized carbons (Fsp3) is 0.308. The lowest BCUT2D eigenvalue weighted by Gasteiger charge is -2.04. The highest BCUT2D eigenvalue weighted by atomic mass is 14.7. The molecule has 1 heterocycles. The Bertz CT molecular complexity index is 463. The number of nitrogens with zero attached hydrogens (tertiary/aromatic N) is 1. The molecule has 0 fully saturated rings. The van der Waals surface area contributed by atoms with Crippen molar-refractivity contribution in [1.29, 1.82) is 0 Å². The number of hydrogen-bond donors (Lipinski definition) is 1. The third-order valence-corrected chi connectivity index (χ3v) is 2.70. The Kier molecular flexibility index (Phi) is 2.97. The zero-order valence-corrected chi connectivity index (χ0v) is 9.03. The van der Waals surface area contributed by atoms with Crippen LogP contribution in [0.2, 0.25) is 0 Å². The SMILES string of the molecule is Cc1nccc2cc(CCCN)ccc12. The second-order valence-electron chi connectivity index (χ2n) is 3.84. The maximum atomic E-state index is 5.50. The lowest BCUT2D eigenvalue weighted by molar-refractivity contribution is 0.833. The molecule has 2 rings (SSSR count). The van der Waals surface area contributed by atoms with Crippen molar-refractivity contribution >= 4 is 10.8 Å². The van der Waals surface area contributed by atoms with Crippen LogP contribution in [-0.4, -0.2) is 11.5 Å². The van der Waals surface area contributed by atoms with Crippen molar-refractivity contribution in [2.45, 2.75) is 19.8 Å². The first-order valence-electron chi connectivity index (χ1n) is 5.35. The predicted molar refractivity (Wildman–Crippen MR) is 63.9 cm³/mol. The van der Waals surface area contributed by atoms with Crippen molar-refractivity contribution in [1.82, 2.24) is 4.98 Å². The van der Waals surface area contributed by atoms with Crippen molar-refractivity contribution < 1.29 is 0 Å². The van der Waals surface area contributed by atoms with Crippen molar-refractivity contribution in [2.24, 2.45) is 5.73 Å². The molecular weight excluding hydrogens is 184 g/mol. The number of fused-ring (bicyclic) bond motifs is 1. The molecule has 0 atom stereocenters. The third-order valence-electron chi connectivity index (χ3n) is 2.70. The summed E-state index contributed by atoms with van der Waals surface area (Å²) in [7, 11) is 0. The van der Waals surface area contributed by atoms with Gasteiger partial charge < -0.3 is 5.73 Å². The molecule has 0 unspecified atom stereocenters. The first-order chi connectivity index (χ1) is 7.31. The number of benzene rings is 1. The van der Waals surface area contributed by atoms with Gasteiger partial charge in [-0.15, -0.1) is 0 Å². The van der Waals surface area contributed by atoms with Crippen molar-refractivity contribution in [3.63, 3.8) is 0 Å². The van der Waals surface area contributed by atoms with Crippen LogP contribution < -0.4 is 5.73 Å². The van der Waals surface area contributed by atoms with E-state index < -0.39 is 0 Å². The first kappa shape index (κ1) is 10.1. The molecule has 78 valence electrons. The standard InChI is InChI=1S/C13H16N2/c1-10-13-5-4-11(3-2-7-14)9-12(13)6-8-15-10/h4-6,8-9H,2-3,7,14H2,1H3. The minimum Gasteiger partial charge on any atom is -0.330 e. The van der Waals surface area contributed by atoms with Crippen LogP contribution in [0, 0.1) is 6.92 Å². The fourth-order valence-corrected chi connectivity index (χ4v) is 1.84. The van der Waals surface area contributed by atoms with Gasteiger partial charge in [0.25, 0.3) is 0 Å². The molecule has 2 nitrogen and oxygen atoms in total. The molecule has 0 radical (unpaired) electrons. The molecule has 0 aliphatic carbocycles. The average molecular weight is 200 g/mol. The molecule has 0 bridgehead atoms. The van der Waals surface area contributed by atoms with Crippen LogP contribution in [0.3, 0.4) is 0 Å². The normalized spacial score (nSPS) is 10.8. The summed E-state index contributed by atoms with van der Waals surface area (Å²) in [5.74, 6) is 0. The van der Waals surface area contributed by atoms with Crippen LogP contribution in [0.5, 0.6) is 0 Å². The Hall–Kier alpha value is -1.41. The topological polar surface area (TPSA) is 38.9 Å². The Labute approximate surface area is 90.1 Å². The zero-order chi connectivity index (χ0) is 10.7. The summed E-state index contributed by atoms with van der Waals surface area (Å²) >= 11 is 0. The first-order valence-corrected chi connectivity index (χ1v) is 5.35. The summed E-state index contributed by atoms with van der Waals surface area (Å²) in [4.78, 5) is 4.28. The molecule has 2 N–H and O–H groups in total. The van der Waals surface area contributed by atoms with Gasteiger partial charge in [0, 0.05) is 17.3 Å². The van der Waals surface area contributed by atoms with E-state index in [-0.39, 0.29) is 0 Å². The van der Waals surface area contributed by atoms with E-state index >= 15 is 0 Å². The van der Waals surface area contributed by atoms with Gasteiger partial charge in [-0.3, -0.25) is 4.98 Å². The number of pyridine rings is 1. The lowest BCUT2D eigenvalue weighted by atomic mass is 10.0. The highest BCUT2D eigenvalue weighted by molar-refractivity contribution is 5.84. The van der Waals surface area contributed by atoms with E-state index in [1.807, 2.05) is 13.1 Å². The monoisotopic (exact) mass is 200 g/mol. The molecule has 2 heteroatoms. The Morgan fingerprint density at radius 2 is 2.13 bits per heavy atom. The van der Waals surface area contributed by atoms with Gasteiger partial charge in [0.1, 0.15) is 0 Å².